The van der Waals surface area contributed by atoms with Crippen LogP contribution in [0.2, 0.25) is 0 Å². The van der Waals surface area contributed by atoms with Gasteiger partial charge in [-0.05, 0) is 24.0 Å². The molecule has 2 unspecified atom stereocenters. The average Bonchev–Trinajstić information content (AvgIpc) is 2.85. The Morgan fingerprint density at radius 3 is 2.56 bits per heavy atom. The second-order valence-corrected chi connectivity index (χ2v) is 5.32. The number of halogens is 1. The van der Waals surface area contributed by atoms with Crippen molar-refractivity contribution in [3.8, 4) is 0 Å². The fraction of sp³-hybridized carbons (Fsp3) is 0.600. The number of nitrogens with two attached hydrogens (primary N) is 1. The molecule has 2 nitrogen and oxygen atoms in total. The molecule has 100 valence electrons. The zero-order chi connectivity index (χ0) is 13.0. The summed E-state index contributed by atoms with van der Waals surface area (Å²) in [6.45, 7) is 0.287. The van der Waals surface area contributed by atoms with Crippen LogP contribution in [-0.2, 0) is 0 Å². The Kier molecular flexibility index (Phi) is 4.72. The van der Waals surface area contributed by atoms with E-state index >= 15 is 0 Å². The summed E-state index contributed by atoms with van der Waals surface area (Å²) in [5.74, 6) is 0.0334. The van der Waals surface area contributed by atoms with Gasteiger partial charge >= 0.3 is 0 Å². The zero-order valence-corrected chi connectivity index (χ0v) is 10.7. The highest BCUT2D eigenvalue weighted by Gasteiger charge is 2.26. The molecule has 1 saturated carbocycles. The van der Waals surface area contributed by atoms with Crippen molar-refractivity contribution >= 4 is 0 Å². The number of hydrogen-bond acceptors (Lipinski definition) is 2. The molecule has 0 saturated heterocycles. The lowest BCUT2D eigenvalue weighted by molar-refractivity contribution is 0.115. The van der Waals surface area contributed by atoms with Gasteiger partial charge in [-0.25, -0.2) is 4.39 Å². The summed E-state index contributed by atoms with van der Waals surface area (Å²) in [6.07, 6.45) is 5.09. The zero-order valence-electron chi connectivity index (χ0n) is 10.7. The normalized spacial score (nSPS) is 19.9. The molecule has 3 heteroatoms. The first-order valence-electron chi connectivity index (χ1n) is 6.85. The first kappa shape index (κ1) is 13.5. The molecule has 1 aliphatic rings. The van der Waals surface area contributed by atoms with Crippen molar-refractivity contribution in [2.45, 2.75) is 44.1 Å². The lowest BCUT2D eigenvalue weighted by Crippen LogP contribution is -2.28. The fourth-order valence-corrected chi connectivity index (χ4v) is 3.02. The molecule has 2 rings (SSSR count). The second kappa shape index (κ2) is 6.30. The van der Waals surface area contributed by atoms with Gasteiger partial charge in [0.25, 0.3) is 0 Å². The van der Waals surface area contributed by atoms with E-state index in [0.717, 1.165) is 6.42 Å². The van der Waals surface area contributed by atoms with Crippen molar-refractivity contribution in [2.75, 3.05) is 6.54 Å². The molecule has 1 aliphatic carbocycles. The minimum Gasteiger partial charge on any atom is -0.392 e. The first-order chi connectivity index (χ1) is 8.72. The van der Waals surface area contributed by atoms with Crippen LogP contribution in [0.15, 0.2) is 24.3 Å². The number of hydrogen-bond donors (Lipinski definition) is 2. The molecule has 0 spiro atoms. The van der Waals surface area contributed by atoms with Crippen LogP contribution in [-0.4, -0.2) is 17.8 Å². The molecule has 0 bridgehead atoms. The largest absolute Gasteiger partial charge is 0.392 e. The van der Waals surface area contributed by atoms with E-state index in [-0.39, 0.29) is 18.3 Å². The molecule has 2 atom stereocenters. The monoisotopic (exact) mass is 251 g/mol. The number of rotatable bonds is 5. The van der Waals surface area contributed by atoms with E-state index in [2.05, 4.69) is 0 Å². The van der Waals surface area contributed by atoms with Crippen LogP contribution in [0.4, 0.5) is 4.39 Å². The topological polar surface area (TPSA) is 46.2 Å². The predicted molar refractivity (Wildman–Crippen MR) is 70.8 cm³/mol. The third kappa shape index (κ3) is 3.09. The highest BCUT2D eigenvalue weighted by Crippen LogP contribution is 2.32. The van der Waals surface area contributed by atoms with Crippen LogP contribution in [0.25, 0.3) is 0 Å². The third-order valence-electron chi connectivity index (χ3n) is 4.07. The summed E-state index contributed by atoms with van der Waals surface area (Å²) in [7, 11) is 0. The summed E-state index contributed by atoms with van der Waals surface area (Å²) >= 11 is 0. The van der Waals surface area contributed by atoms with E-state index in [4.69, 9.17) is 5.73 Å². The van der Waals surface area contributed by atoms with Gasteiger partial charge in [0.2, 0.25) is 0 Å². The summed E-state index contributed by atoms with van der Waals surface area (Å²) in [5.41, 5.74) is 6.27. The van der Waals surface area contributed by atoms with Gasteiger partial charge in [0.05, 0.1) is 6.10 Å². The molecular formula is C15H22FNO. The molecule has 1 aromatic carbocycles. The standard InChI is InChI=1S/C15H22FNO/c16-14-8-4-3-7-12(14)13(10-17)15(18)9-11-5-1-2-6-11/h3-4,7-8,11,13,15,18H,1-2,5-6,9-10,17H2. The van der Waals surface area contributed by atoms with Crippen LogP contribution in [0, 0.1) is 11.7 Å². The van der Waals surface area contributed by atoms with E-state index < -0.39 is 6.10 Å². The van der Waals surface area contributed by atoms with E-state index in [1.807, 2.05) is 0 Å². The molecule has 0 radical (unpaired) electrons. The van der Waals surface area contributed by atoms with Crippen LogP contribution in [0.1, 0.15) is 43.6 Å². The molecule has 1 aromatic rings. The molecule has 1 fully saturated rings. The summed E-state index contributed by atoms with van der Waals surface area (Å²) < 4.78 is 13.7. The minimum absolute atomic E-state index is 0.265. The molecule has 18 heavy (non-hydrogen) atoms. The molecule has 3 N–H and O–H groups in total. The highest BCUT2D eigenvalue weighted by atomic mass is 19.1. The maximum atomic E-state index is 13.7. The fourth-order valence-electron chi connectivity index (χ4n) is 3.02. The summed E-state index contributed by atoms with van der Waals surface area (Å²) in [4.78, 5) is 0. The second-order valence-electron chi connectivity index (χ2n) is 5.32. The third-order valence-corrected chi connectivity index (χ3v) is 4.07. The molecule has 0 aromatic heterocycles. The van der Waals surface area contributed by atoms with Crippen molar-refractivity contribution in [3.05, 3.63) is 35.6 Å². The van der Waals surface area contributed by atoms with Crippen molar-refractivity contribution in [3.63, 3.8) is 0 Å². The number of aliphatic hydroxyl groups is 1. The van der Waals surface area contributed by atoms with Crippen LogP contribution in [0.3, 0.4) is 0 Å². The lowest BCUT2D eigenvalue weighted by Gasteiger charge is -2.24. The van der Waals surface area contributed by atoms with Gasteiger partial charge in [-0.2, -0.15) is 0 Å². The van der Waals surface area contributed by atoms with Gasteiger partial charge < -0.3 is 10.8 Å². The van der Waals surface area contributed by atoms with Crippen LogP contribution < -0.4 is 5.73 Å². The Labute approximate surface area is 108 Å². The van der Waals surface area contributed by atoms with Gasteiger partial charge in [0.1, 0.15) is 5.82 Å². The number of aliphatic hydroxyl groups excluding tert-OH is 1. The van der Waals surface area contributed by atoms with Crippen molar-refractivity contribution in [1.82, 2.24) is 0 Å². The predicted octanol–water partition coefficient (Wildman–Crippen LogP) is 2.81. The van der Waals surface area contributed by atoms with Crippen molar-refractivity contribution < 1.29 is 9.50 Å². The Morgan fingerprint density at radius 2 is 1.94 bits per heavy atom. The number of benzene rings is 1. The van der Waals surface area contributed by atoms with Crippen LogP contribution in [0.5, 0.6) is 0 Å². The van der Waals surface area contributed by atoms with Gasteiger partial charge in [-0.1, -0.05) is 43.9 Å². The van der Waals surface area contributed by atoms with Gasteiger partial charge in [-0.3, -0.25) is 0 Å². The SMILES string of the molecule is NCC(c1ccccc1F)C(O)CC1CCCC1. The van der Waals surface area contributed by atoms with Gasteiger partial charge in [0.15, 0.2) is 0 Å². The van der Waals surface area contributed by atoms with E-state index in [1.165, 1.54) is 31.7 Å². The maximum Gasteiger partial charge on any atom is 0.126 e. The first-order valence-corrected chi connectivity index (χ1v) is 6.85. The van der Waals surface area contributed by atoms with E-state index in [9.17, 15) is 9.50 Å². The smallest absolute Gasteiger partial charge is 0.126 e. The van der Waals surface area contributed by atoms with Crippen LogP contribution >= 0.6 is 0 Å². The van der Waals surface area contributed by atoms with Crippen molar-refractivity contribution in [2.24, 2.45) is 11.7 Å². The van der Waals surface area contributed by atoms with E-state index in [1.54, 1.807) is 18.2 Å². The highest BCUT2D eigenvalue weighted by molar-refractivity contribution is 5.23. The quantitative estimate of drug-likeness (QED) is 0.845. The summed E-state index contributed by atoms with van der Waals surface area (Å²) in [6, 6.07) is 6.62. The Hall–Kier alpha value is -0.930. The minimum atomic E-state index is -0.532. The van der Waals surface area contributed by atoms with Gasteiger partial charge in [0, 0.05) is 12.5 Å². The Morgan fingerprint density at radius 1 is 1.28 bits per heavy atom. The average molecular weight is 251 g/mol. The molecule has 0 amide bonds. The Bertz CT molecular complexity index is 377. The Balaban J connectivity index is 2.05. The maximum absolute atomic E-state index is 13.7. The van der Waals surface area contributed by atoms with Crippen molar-refractivity contribution in [1.29, 1.82) is 0 Å². The molecular weight excluding hydrogens is 229 g/mol. The summed E-state index contributed by atoms with van der Waals surface area (Å²) in [5, 5.41) is 10.3. The van der Waals surface area contributed by atoms with E-state index in [0.29, 0.717) is 11.5 Å². The molecule has 0 heterocycles. The molecule has 0 aliphatic heterocycles. The van der Waals surface area contributed by atoms with Gasteiger partial charge in [-0.15, -0.1) is 0 Å². The lowest BCUT2D eigenvalue weighted by atomic mass is 9.87.